The van der Waals surface area contributed by atoms with E-state index in [1.54, 1.807) is 6.08 Å². The second-order valence-corrected chi connectivity index (χ2v) is 12.1. The average molecular weight is 630 g/mol. The lowest BCUT2D eigenvalue weighted by molar-refractivity contribution is -0.115. The van der Waals surface area contributed by atoms with Crippen LogP contribution in [0.4, 0.5) is 5.69 Å². The molecule has 4 nitrogen and oxygen atoms in total. The van der Waals surface area contributed by atoms with Gasteiger partial charge < -0.3 is 14.7 Å². The number of carbonyl (C=O) groups excluding carboxylic acids is 1. The van der Waals surface area contributed by atoms with Gasteiger partial charge in [0.2, 0.25) is 0 Å². The summed E-state index contributed by atoms with van der Waals surface area (Å²) in [5.74, 6) is 6.92. The van der Waals surface area contributed by atoms with Gasteiger partial charge in [-0.25, -0.2) is 0 Å². The molecule has 0 saturated heterocycles. The van der Waals surface area contributed by atoms with E-state index in [4.69, 9.17) is 16.3 Å². The highest BCUT2D eigenvalue weighted by Crippen LogP contribution is 2.64. The first-order valence-corrected chi connectivity index (χ1v) is 13.9. The molecule has 3 aliphatic carbocycles. The average Bonchev–Trinajstić information content (AvgIpc) is 3.17. The predicted molar refractivity (Wildman–Crippen MR) is 182 cm³/mol. The fraction of sp³-hybridized carbons (Fsp3) is 0.424. The van der Waals surface area contributed by atoms with Crippen LogP contribution in [-0.2, 0) is 9.53 Å². The highest BCUT2D eigenvalue weighted by Gasteiger charge is 2.63. The minimum absolute atomic E-state index is 0. The summed E-state index contributed by atoms with van der Waals surface area (Å²) in [6.45, 7) is 2.66. The molecule has 0 spiro atoms. The van der Waals surface area contributed by atoms with Gasteiger partial charge in [-0.05, 0) is 84.2 Å². The van der Waals surface area contributed by atoms with Crippen LogP contribution < -0.4 is 4.90 Å². The van der Waals surface area contributed by atoms with Crippen LogP contribution in [-0.4, -0.2) is 43.3 Å². The van der Waals surface area contributed by atoms with Gasteiger partial charge >= 0.3 is 0 Å². The van der Waals surface area contributed by atoms with Crippen molar-refractivity contribution in [3.05, 3.63) is 87.5 Å². The van der Waals surface area contributed by atoms with Gasteiger partial charge in [0.25, 0.3) is 0 Å². The highest BCUT2D eigenvalue weighted by atomic mass is 35.5. The SMILES string of the molecule is CN(C)c1ccc([C@H]2C[C@@]3(C)[C@@H](CC[C@@]3(O)C#Cc3ccccc3Cl)[C@@H]3OCC4=CC(=O)CCC4=C32)cc1.S.S.S. The van der Waals surface area contributed by atoms with Gasteiger partial charge in [0.05, 0.1) is 17.7 Å². The smallest absolute Gasteiger partial charge is 0.156 e. The molecule has 2 aromatic carbocycles. The fourth-order valence-corrected chi connectivity index (χ4v) is 7.44. The Balaban J connectivity index is 0.00000154. The number of rotatable bonds is 2. The zero-order valence-corrected chi connectivity index (χ0v) is 27.5. The van der Waals surface area contributed by atoms with Gasteiger partial charge in [-0.15, -0.1) is 0 Å². The van der Waals surface area contributed by atoms with Crippen LogP contribution in [0.15, 0.2) is 71.3 Å². The van der Waals surface area contributed by atoms with Gasteiger partial charge in [0, 0.05) is 43.1 Å². The first-order valence-electron chi connectivity index (χ1n) is 13.6. The first-order chi connectivity index (χ1) is 18.2. The summed E-state index contributed by atoms with van der Waals surface area (Å²) in [7, 11) is 4.09. The quantitative estimate of drug-likeness (QED) is 0.390. The summed E-state index contributed by atoms with van der Waals surface area (Å²) < 4.78 is 6.60. The molecule has 2 saturated carbocycles. The van der Waals surface area contributed by atoms with E-state index in [2.05, 4.69) is 47.9 Å². The number of ether oxygens (including phenoxy) is 1. The molecule has 8 heteroatoms. The lowest BCUT2D eigenvalue weighted by atomic mass is 9.55. The molecule has 1 heterocycles. The molecule has 0 unspecified atom stereocenters. The second kappa shape index (κ2) is 12.8. The monoisotopic (exact) mass is 629 g/mol. The Kier molecular flexibility index (Phi) is 10.6. The number of fused-ring (bicyclic) bond motifs is 4. The highest BCUT2D eigenvalue weighted by molar-refractivity contribution is 7.59. The number of hydrogen-bond donors (Lipinski definition) is 1. The third-order valence-electron chi connectivity index (χ3n) is 9.46. The molecule has 41 heavy (non-hydrogen) atoms. The van der Waals surface area contributed by atoms with E-state index in [0.29, 0.717) is 24.5 Å². The molecular formula is C33H40ClNO3S3. The summed E-state index contributed by atoms with van der Waals surface area (Å²) in [6.07, 6.45) is 5.23. The van der Waals surface area contributed by atoms with Crippen LogP contribution in [0.2, 0.25) is 5.02 Å². The number of hydrogen-bond acceptors (Lipinski definition) is 4. The number of ketones is 1. The van der Waals surface area contributed by atoms with E-state index in [-0.39, 0.29) is 64.2 Å². The predicted octanol–water partition coefficient (Wildman–Crippen LogP) is 6.42. The number of halogens is 1. The van der Waals surface area contributed by atoms with Crippen molar-refractivity contribution < 1.29 is 14.6 Å². The second-order valence-electron chi connectivity index (χ2n) is 11.7. The molecule has 1 aliphatic heterocycles. The minimum atomic E-state index is -1.16. The van der Waals surface area contributed by atoms with Crippen LogP contribution in [0.3, 0.4) is 0 Å². The number of anilines is 1. The van der Waals surface area contributed by atoms with E-state index in [0.717, 1.165) is 36.1 Å². The maximum Gasteiger partial charge on any atom is 0.156 e. The van der Waals surface area contributed by atoms with Gasteiger partial charge in [0.1, 0.15) is 5.60 Å². The Morgan fingerprint density at radius 2 is 1.76 bits per heavy atom. The minimum Gasteiger partial charge on any atom is -0.378 e. The maximum atomic E-state index is 12.2. The lowest BCUT2D eigenvalue weighted by Gasteiger charge is -2.53. The third-order valence-corrected chi connectivity index (χ3v) is 9.79. The third kappa shape index (κ3) is 5.77. The number of benzene rings is 2. The van der Waals surface area contributed by atoms with Gasteiger partial charge in [0.15, 0.2) is 5.78 Å². The molecule has 220 valence electrons. The van der Waals surface area contributed by atoms with E-state index >= 15 is 0 Å². The molecule has 0 amide bonds. The van der Waals surface area contributed by atoms with Crippen molar-refractivity contribution in [1.82, 2.24) is 0 Å². The van der Waals surface area contributed by atoms with Crippen molar-refractivity contribution in [3.8, 4) is 11.8 Å². The summed E-state index contributed by atoms with van der Waals surface area (Å²) in [4.78, 5) is 14.3. The van der Waals surface area contributed by atoms with Gasteiger partial charge in [-0.3, -0.25) is 4.79 Å². The number of allylic oxidation sites excluding steroid dienone is 1. The largest absolute Gasteiger partial charge is 0.378 e. The van der Waals surface area contributed by atoms with Crippen LogP contribution in [0.5, 0.6) is 0 Å². The van der Waals surface area contributed by atoms with Crippen molar-refractivity contribution in [2.45, 2.75) is 56.7 Å². The topological polar surface area (TPSA) is 49.8 Å². The summed E-state index contributed by atoms with van der Waals surface area (Å²) in [5, 5.41) is 12.8. The summed E-state index contributed by atoms with van der Waals surface area (Å²) in [6, 6.07) is 16.3. The Labute approximate surface area is 269 Å². The zero-order chi connectivity index (χ0) is 26.7. The van der Waals surface area contributed by atoms with E-state index in [9.17, 15) is 9.90 Å². The van der Waals surface area contributed by atoms with Crippen LogP contribution >= 0.6 is 52.1 Å². The number of carbonyl (C=O) groups is 1. The van der Waals surface area contributed by atoms with Crippen molar-refractivity contribution in [2.24, 2.45) is 11.3 Å². The molecule has 2 fully saturated rings. The molecule has 0 aromatic heterocycles. The molecule has 0 bridgehead atoms. The molecule has 0 radical (unpaired) electrons. The molecule has 2 aromatic rings. The van der Waals surface area contributed by atoms with Gasteiger partial charge in [-0.1, -0.05) is 54.6 Å². The zero-order valence-electron chi connectivity index (χ0n) is 23.8. The molecule has 6 rings (SSSR count). The first kappa shape index (κ1) is 33.7. The van der Waals surface area contributed by atoms with Crippen LogP contribution in [0.25, 0.3) is 0 Å². The summed E-state index contributed by atoms with van der Waals surface area (Å²) in [5.41, 5.74) is 5.15. The van der Waals surface area contributed by atoms with E-state index < -0.39 is 11.0 Å². The Morgan fingerprint density at radius 1 is 1.05 bits per heavy atom. The molecule has 1 N–H and O–H groups in total. The molecule has 5 atom stereocenters. The number of aliphatic hydroxyl groups is 1. The van der Waals surface area contributed by atoms with Crippen molar-refractivity contribution in [2.75, 3.05) is 25.6 Å². The van der Waals surface area contributed by atoms with Crippen LogP contribution in [0, 0.1) is 23.2 Å². The van der Waals surface area contributed by atoms with E-state index in [1.807, 2.05) is 38.4 Å². The fourth-order valence-electron chi connectivity index (χ4n) is 7.26. The van der Waals surface area contributed by atoms with Crippen molar-refractivity contribution in [3.63, 3.8) is 0 Å². The maximum absolute atomic E-state index is 12.2. The Bertz CT molecular complexity index is 1430. The van der Waals surface area contributed by atoms with Crippen molar-refractivity contribution >= 4 is 63.6 Å². The summed E-state index contributed by atoms with van der Waals surface area (Å²) >= 11 is 6.39. The Hall–Kier alpha value is -1.79. The standard InChI is InChI=1S/C33H34ClNO3.3H2S/c1-32-19-27(21-8-10-24(11-9-21)35(2)3)30-26-13-12-25(36)18-23(26)20-38-31(30)28(32)15-17-33(32,37)16-14-22-6-4-5-7-29(22)34;;;/h4-11,18,27-28,31,37H,12-13,15,17,19-20H2,1-3H3;3*1H2/t27-,28+,31+,32+,33+;;;/m1.../s1. The van der Waals surface area contributed by atoms with E-state index in [1.165, 1.54) is 16.7 Å². The van der Waals surface area contributed by atoms with Gasteiger partial charge in [-0.2, -0.15) is 40.5 Å². The number of nitrogens with zero attached hydrogens (tertiary/aromatic N) is 1. The molecule has 4 aliphatic rings. The Morgan fingerprint density at radius 3 is 2.44 bits per heavy atom. The molecular weight excluding hydrogens is 590 g/mol. The van der Waals surface area contributed by atoms with Crippen molar-refractivity contribution in [1.29, 1.82) is 0 Å². The normalized spacial score (nSPS) is 29.6. The lowest BCUT2D eigenvalue weighted by Crippen LogP contribution is -2.53. The van der Waals surface area contributed by atoms with Crippen LogP contribution in [0.1, 0.15) is 56.1 Å².